The number of anilines is 1. The van der Waals surface area contributed by atoms with Gasteiger partial charge in [0.1, 0.15) is 0 Å². The molecule has 0 radical (unpaired) electrons. The van der Waals surface area contributed by atoms with Crippen molar-refractivity contribution < 1.29 is 0 Å². The second-order valence-corrected chi connectivity index (χ2v) is 6.14. The van der Waals surface area contributed by atoms with Crippen LogP contribution in [0.1, 0.15) is 46.5 Å². The first-order valence-corrected chi connectivity index (χ1v) is 8.19. The minimum Gasteiger partial charge on any atom is -0.348 e. The largest absolute Gasteiger partial charge is 0.348 e. The van der Waals surface area contributed by atoms with E-state index < -0.39 is 0 Å². The lowest BCUT2D eigenvalue weighted by Crippen LogP contribution is -2.48. The van der Waals surface area contributed by atoms with E-state index in [1.54, 1.807) is 17.0 Å². The SMILES string of the molecule is CCCn1ccnc(N(CC2CCCCN2)C(C)C)c1=O. The lowest BCUT2D eigenvalue weighted by molar-refractivity contribution is 0.392. The molecule has 0 aliphatic carbocycles. The minimum absolute atomic E-state index is 0.0314. The van der Waals surface area contributed by atoms with Crippen molar-refractivity contribution in [2.45, 2.75) is 65.1 Å². The van der Waals surface area contributed by atoms with Crippen LogP contribution in [-0.4, -0.2) is 34.7 Å². The van der Waals surface area contributed by atoms with Crippen molar-refractivity contribution >= 4 is 5.82 Å². The van der Waals surface area contributed by atoms with Crippen LogP contribution in [0.2, 0.25) is 0 Å². The van der Waals surface area contributed by atoms with Crippen LogP contribution in [0.4, 0.5) is 5.82 Å². The Kier molecular flexibility index (Phi) is 5.79. The van der Waals surface area contributed by atoms with Crippen molar-refractivity contribution in [1.29, 1.82) is 0 Å². The fourth-order valence-electron chi connectivity index (χ4n) is 2.91. The molecule has 0 saturated carbocycles. The van der Waals surface area contributed by atoms with Crippen LogP contribution >= 0.6 is 0 Å². The number of nitrogens with one attached hydrogen (secondary N) is 1. The van der Waals surface area contributed by atoms with Crippen LogP contribution in [0.15, 0.2) is 17.2 Å². The minimum atomic E-state index is 0.0314. The first-order chi connectivity index (χ1) is 10.1. The van der Waals surface area contributed by atoms with Crippen LogP contribution in [0.25, 0.3) is 0 Å². The van der Waals surface area contributed by atoms with Crippen molar-refractivity contribution in [2.24, 2.45) is 0 Å². The molecule has 5 nitrogen and oxygen atoms in total. The Morgan fingerprint density at radius 2 is 2.29 bits per heavy atom. The van der Waals surface area contributed by atoms with E-state index in [9.17, 15) is 4.79 Å². The Hall–Kier alpha value is -1.36. The molecule has 1 N–H and O–H groups in total. The second kappa shape index (κ2) is 7.59. The van der Waals surface area contributed by atoms with Gasteiger partial charge in [0.15, 0.2) is 5.82 Å². The van der Waals surface area contributed by atoms with Gasteiger partial charge >= 0.3 is 0 Å². The first-order valence-electron chi connectivity index (χ1n) is 8.19. The van der Waals surface area contributed by atoms with Gasteiger partial charge in [-0.05, 0) is 39.7 Å². The van der Waals surface area contributed by atoms with Crippen LogP contribution < -0.4 is 15.8 Å². The van der Waals surface area contributed by atoms with E-state index in [2.05, 4.69) is 36.0 Å². The van der Waals surface area contributed by atoms with Gasteiger partial charge in [0.2, 0.25) is 0 Å². The summed E-state index contributed by atoms with van der Waals surface area (Å²) >= 11 is 0. The summed E-state index contributed by atoms with van der Waals surface area (Å²) in [6, 6.07) is 0.730. The second-order valence-electron chi connectivity index (χ2n) is 6.14. The highest BCUT2D eigenvalue weighted by Crippen LogP contribution is 2.14. The van der Waals surface area contributed by atoms with Crippen molar-refractivity contribution in [1.82, 2.24) is 14.9 Å². The summed E-state index contributed by atoms with van der Waals surface area (Å²) in [6.07, 6.45) is 8.19. The summed E-state index contributed by atoms with van der Waals surface area (Å²) in [6.45, 7) is 9.03. The van der Waals surface area contributed by atoms with Crippen LogP contribution in [0.5, 0.6) is 0 Å². The van der Waals surface area contributed by atoms with E-state index in [1.807, 2.05) is 0 Å². The lowest BCUT2D eigenvalue weighted by Gasteiger charge is -2.33. The number of nitrogens with zero attached hydrogens (tertiary/aromatic N) is 3. The summed E-state index contributed by atoms with van der Waals surface area (Å²) in [5.41, 5.74) is 0.0314. The lowest BCUT2D eigenvalue weighted by atomic mass is 10.0. The molecule has 1 aliphatic rings. The van der Waals surface area contributed by atoms with E-state index in [4.69, 9.17) is 0 Å². The molecule has 2 rings (SSSR count). The molecular formula is C16H28N4O. The Morgan fingerprint density at radius 1 is 1.48 bits per heavy atom. The molecule has 0 aromatic carbocycles. The Balaban J connectivity index is 2.21. The maximum atomic E-state index is 12.6. The van der Waals surface area contributed by atoms with Gasteiger partial charge in [-0.2, -0.15) is 0 Å². The predicted octanol–water partition coefficient (Wildman–Crippen LogP) is 2.01. The average Bonchev–Trinajstić information content (AvgIpc) is 2.48. The molecule has 0 bridgehead atoms. The molecule has 5 heteroatoms. The zero-order valence-electron chi connectivity index (χ0n) is 13.5. The molecule has 1 unspecified atom stereocenters. The molecule has 1 fully saturated rings. The summed E-state index contributed by atoms with van der Waals surface area (Å²) in [5.74, 6) is 0.591. The van der Waals surface area contributed by atoms with Crippen LogP contribution in [0.3, 0.4) is 0 Å². The molecule has 21 heavy (non-hydrogen) atoms. The Labute approximate surface area is 127 Å². The number of hydrogen-bond acceptors (Lipinski definition) is 4. The van der Waals surface area contributed by atoms with Crippen molar-refractivity contribution in [3.05, 3.63) is 22.7 Å². The fourth-order valence-corrected chi connectivity index (χ4v) is 2.91. The molecule has 1 aliphatic heterocycles. The first kappa shape index (κ1) is 16.0. The zero-order chi connectivity index (χ0) is 15.2. The van der Waals surface area contributed by atoms with Gasteiger partial charge in [0.25, 0.3) is 5.56 Å². The van der Waals surface area contributed by atoms with E-state index in [1.165, 1.54) is 19.3 Å². The van der Waals surface area contributed by atoms with Gasteiger partial charge in [-0.3, -0.25) is 4.79 Å². The number of rotatable bonds is 6. The molecule has 118 valence electrons. The van der Waals surface area contributed by atoms with E-state index in [0.29, 0.717) is 11.9 Å². The van der Waals surface area contributed by atoms with E-state index in [-0.39, 0.29) is 11.6 Å². The molecule has 1 atom stereocenters. The molecule has 1 saturated heterocycles. The number of hydrogen-bond donors (Lipinski definition) is 1. The van der Waals surface area contributed by atoms with Crippen molar-refractivity contribution in [2.75, 3.05) is 18.0 Å². The van der Waals surface area contributed by atoms with Gasteiger partial charge < -0.3 is 14.8 Å². The highest BCUT2D eigenvalue weighted by atomic mass is 16.1. The quantitative estimate of drug-likeness (QED) is 0.871. The number of aromatic nitrogens is 2. The predicted molar refractivity (Wildman–Crippen MR) is 86.9 cm³/mol. The third-order valence-electron chi connectivity index (χ3n) is 4.08. The zero-order valence-corrected chi connectivity index (χ0v) is 13.5. The van der Waals surface area contributed by atoms with Gasteiger partial charge in [0, 0.05) is 37.6 Å². The summed E-state index contributed by atoms with van der Waals surface area (Å²) in [5, 5.41) is 3.56. The van der Waals surface area contributed by atoms with Crippen LogP contribution in [-0.2, 0) is 6.54 Å². The monoisotopic (exact) mass is 292 g/mol. The topological polar surface area (TPSA) is 50.2 Å². The van der Waals surface area contributed by atoms with Gasteiger partial charge in [-0.25, -0.2) is 4.98 Å². The molecule has 1 aromatic heterocycles. The Bertz CT molecular complexity index is 491. The van der Waals surface area contributed by atoms with Gasteiger partial charge in [0.05, 0.1) is 0 Å². The summed E-state index contributed by atoms with van der Waals surface area (Å²) in [4.78, 5) is 19.1. The highest BCUT2D eigenvalue weighted by Gasteiger charge is 2.22. The Morgan fingerprint density at radius 3 is 2.90 bits per heavy atom. The molecular weight excluding hydrogens is 264 g/mol. The maximum Gasteiger partial charge on any atom is 0.293 e. The smallest absolute Gasteiger partial charge is 0.293 e. The van der Waals surface area contributed by atoms with E-state index in [0.717, 1.165) is 26.1 Å². The van der Waals surface area contributed by atoms with Crippen molar-refractivity contribution in [3.63, 3.8) is 0 Å². The maximum absolute atomic E-state index is 12.6. The van der Waals surface area contributed by atoms with Crippen LogP contribution in [0, 0.1) is 0 Å². The third-order valence-corrected chi connectivity index (χ3v) is 4.08. The normalized spacial score (nSPS) is 19.0. The third kappa shape index (κ3) is 4.06. The molecule has 2 heterocycles. The summed E-state index contributed by atoms with van der Waals surface area (Å²) in [7, 11) is 0. The van der Waals surface area contributed by atoms with Crippen molar-refractivity contribution in [3.8, 4) is 0 Å². The standard InChI is InChI=1S/C16H28N4O/c1-4-10-19-11-9-18-15(16(19)21)20(13(2)3)12-14-7-5-6-8-17-14/h9,11,13-14,17H,4-8,10,12H2,1-3H3. The molecule has 0 spiro atoms. The average molecular weight is 292 g/mol. The number of piperidine rings is 1. The van der Waals surface area contributed by atoms with Gasteiger partial charge in [-0.15, -0.1) is 0 Å². The van der Waals surface area contributed by atoms with E-state index >= 15 is 0 Å². The van der Waals surface area contributed by atoms with Gasteiger partial charge in [-0.1, -0.05) is 13.3 Å². The highest BCUT2D eigenvalue weighted by molar-refractivity contribution is 5.37. The molecule has 0 amide bonds. The fraction of sp³-hybridized carbons (Fsp3) is 0.750. The summed E-state index contributed by atoms with van der Waals surface area (Å²) < 4.78 is 1.77. The number of aryl methyl sites for hydroxylation is 1. The molecule has 1 aromatic rings.